The zero-order chi connectivity index (χ0) is 12.8. The molecular formula is C13H21N5. The SMILES string of the molecule is CCCn1ncnc1Cn1cccc1CNCC. The van der Waals surface area contributed by atoms with E-state index < -0.39 is 0 Å². The Morgan fingerprint density at radius 3 is 3.00 bits per heavy atom. The molecule has 0 aliphatic rings. The summed E-state index contributed by atoms with van der Waals surface area (Å²) in [6.45, 7) is 7.86. The molecule has 5 heteroatoms. The number of nitrogens with zero attached hydrogens (tertiary/aromatic N) is 4. The first-order valence-electron chi connectivity index (χ1n) is 6.56. The van der Waals surface area contributed by atoms with E-state index in [1.807, 2.05) is 4.68 Å². The Balaban J connectivity index is 2.08. The molecule has 0 spiro atoms. The molecule has 0 radical (unpaired) electrons. The summed E-state index contributed by atoms with van der Waals surface area (Å²) in [6, 6.07) is 4.22. The second-order valence-corrected chi connectivity index (χ2v) is 4.31. The summed E-state index contributed by atoms with van der Waals surface area (Å²) in [5.74, 6) is 1.02. The fourth-order valence-corrected chi connectivity index (χ4v) is 1.98. The van der Waals surface area contributed by atoms with Crippen molar-refractivity contribution in [1.82, 2.24) is 24.6 Å². The number of hydrogen-bond acceptors (Lipinski definition) is 3. The fourth-order valence-electron chi connectivity index (χ4n) is 1.98. The predicted molar refractivity (Wildman–Crippen MR) is 71.2 cm³/mol. The normalized spacial score (nSPS) is 11.0. The molecule has 0 amide bonds. The van der Waals surface area contributed by atoms with Crippen molar-refractivity contribution in [2.45, 2.75) is 39.9 Å². The van der Waals surface area contributed by atoms with Crippen molar-refractivity contribution in [3.05, 3.63) is 36.2 Å². The summed E-state index contributed by atoms with van der Waals surface area (Å²) in [4.78, 5) is 4.34. The second-order valence-electron chi connectivity index (χ2n) is 4.31. The number of aryl methyl sites for hydroxylation is 1. The highest BCUT2D eigenvalue weighted by molar-refractivity contribution is 5.08. The van der Waals surface area contributed by atoms with Crippen LogP contribution in [0, 0.1) is 0 Å². The number of hydrogen-bond donors (Lipinski definition) is 1. The molecule has 0 saturated carbocycles. The largest absolute Gasteiger partial charge is 0.343 e. The molecule has 0 fully saturated rings. The molecule has 0 unspecified atom stereocenters. The maximum Gasteiger partial charge on any atom is 0.146 e. The number of nitrogens with one attached hydrogen (secondary N) is 1. The Hall–Kier alpha value is -1.62. The van der Waals surface area contributed by atoms with Gasteiger partial charge in [-0.15, -0.1) is 0 Å². The quantitative estimate of drug-likeness (QED) is 0.809. The molecule has 2 aromatic rings. The van der Waals surface area contributed by atoms with E-state index in [9.17, 15) is 0 Å². The average Bonchev–Trinajstić information content (AvgIpc) is 2.98. The molecule has 0 aromatic carbocycles. The van der Waals surface area contributed by atoms with E-state index in [1.165, 1.54) is 5.69 Å². The molecule has 0 saturated heterocycles. The second kappa shape index (κ2) is 6.35. The summed E-state index contributed by atoms with van der Waals surface area (Å²) >= 11 is 0. The minimum Gasteiger partial charge on any atom is -0.343 e. The maximum atomic E-state index is 4.34. The van der Waals surface area contributed by atoms with Gasteiger partial charge in [0.05, 0.1) is 6.54 Å². The van der Waals surface area contributed by atoms with E-state index in [0.717, 1.165) is 38.4 Å². The molecule has 5 nitrogen and oxygen atoms in total. The van der Waals surface area contributed by atoms with Crippen LogP contribution in [-0.2, 0) is 19.6 Å². The highest BCUT2D eigenvalue weighted by Crippen LogP contribution is 2.06. The Morgan fingerprint density at radius 1 is 1.33 bits per heavy atom. The van der Waals surface area contributed by atoms with E-state index in [0.29, 0.717) is 0 Å². The standard InChI is InChI=1S/C13H21N5/c1-3-7-18-13(15-11-16-18)10-17-8-5-6-12(17)9-14-4-2/h5-6,8,11,14H,3-4,7,9-10H2,1-2H3. The van der Waals surface area contributed by atoms with Gasteiger partial charge in [-0.2, -0.15) is 5.10 Å². The van der Waals surface area contributed by atoms with Crippen molar-refractivity contribution >= 4 is 0 Å². The fraction of sp³-hybridized carbons (Fsp3) is 0.538. The van der Waals surface area contributed by atoms with Gasteiger partial charge in [0.1, 0.15) is 12.2 Å². The van der Waals surface area contributed by atoms with E-state index in [-0.39, 0.29) is 0 Å². The monoisotopic (exact) mass is 247 g/mol. The molecule has 0 bridgehead atoms. The Morgan fingerprint density at radius 2 is 2.22 bits per heavy atom. The van der Waals surface area contributed by atoms with Gasteiger partial charge in [-0.3, -0.25) is 0 Å². The van der Waals surface area contributed by atoms with Crippen molar-refractivity contribution in [3.8, 4) is 0 Å². The minimum atomic E-state index is 0.785. The van der Waals surface area contributed by atoms with Gasteiger partial charge in [0.2, 0.25) is 0 Å². The van der Waals surface area contributed by atoms with Crippen molar-refractivity contribution in [2.75, 3.05) is 6.54 Å². The lowest BCUT2D eigenvalue weighted by Gasteiger charge is -2.10. The lowest BCUT2D eigenvalue weighted by molar-refractivity contribution is 0.546. The van der Waals surface area contributed by atoms with Crippen LogP contribution in [0.4, 0.5) is 0 Å². The van der Waals surface area contributed by atoms with Crippen LogP contribution in [0.5, 0.6) is 0 Å². The summed E-state index contributed by atoms with van der Waals surface area (Å²) < 4.78 is 4.20. The Labute approximate surface area is 108 Å². The Kier molecular flexibility index (Phi) is 4.52. The third-order valence-electron chi connectivity index (χ3n) is 2.92. The van der Waals surface area contributed by atoms with E-state index in [4.69, 9.17) is 0 Å². The van der Waals surface area contributed by atoms with Crippen LogP contribution < -0.4 is 5.32 Å². The van der Waals surface area contributed by atoms with Gasteiger partial charge in [0.25, 0.3) is 0 Å². The van der Waals surface area contributed by atoms with Gasteiger partial charge in [0.15, 0.2) is 0 Å². The van der Waals surface area contributed by atoms with Crippen LogP contribution in [0.3, 0.4) is 0 Å². The zero-order valence-electron chi connectivity index (χ0n) is 11.1. The molecule has 0 aliphatic carbocycles. The maximum absolute atomic E-state index is 4.34. The van der Waals surface area contributed by atoms with E-state index in [1.54, 1.807) is 6.33 Å². The average molecular weight is 247 g/mol. The van der Waals surface area contributed by atoms with Crippen LogP contribution in [0.2, 0.25) is 0 Å². The lowest BCUT2D eigenvalue weighted by Crippen LogP contribution is -2.17. The molecule has 0 aliphatic heterocycles. The first-order chi connectivity index (χ1) is 8.85. The molecular weight excluding hydrogens is 226 g/mol. The van der Waals surface area contributed by atoms with Crippen molar-refractivity contribution in [3.63, 3.8) is 0 Å². The molecule has 98 valence electrons. The van der Waals surface area contributed by atoms with Crippen LogP contribution >= 0.6 is 0 Å². The molecule has 2 aromatic heterocycles. The lowest BCUT2D eigenvalue weighted by atomic mass is 10.4. The van der Waals surface area contributed by atoms with E-state index in [2.05, 4.69) is 52.1 Å². The smallest absolute Gasteiger partial charge is 0.146 e. The van der Waals surface area contributed by atoms with Crippen molar-refractivity contribution in [1.29, 1.82) is 0 Å². The van der Waals surface area contributed by atoms with Crippen molar-refractivity contribution < 1.29 is 0 Å². The number of aromatic nitrogens is 4. The van der Waals surface area contributed by atoms with Gasteiger partial charge in [-0.05, 0) is 25.1 Å². The van der Waals surface area contributed by atoms with Crippen molar-refractivity contribution in [2.24, 2.45) is 0 Å². The summed E-state index contributed by atoms with van der Waals surface area (Å²) in [5.41, 5.74) is 1.28. The summed E-state index contributed by atoms with van der Waals surface area (Å²) in [5, 5.41) is 7.60. The summed E-state index contributed by atoms with van der Waals surface area (Å²) in [7, 11) is 0. The summed E-state index contributed by atoms with van der Waals surface area (Å²) in [6.07, 6.45) is 4.81. The molecule has 2 rings (SSSR count). The minimum absolute atomic E-state index is 0.785. The molecule has 0 atom stereocenters. The molecule has 1 N–H and O–H groups in total. The van der Waals surface area contributed by atoms with E-state index >= 15 is 0 Å². The van der Waals surface area contributed by atoms with Crippen LogP contribution in [-0.4, -0.2) is 25.9 Å². The van der Waals surface area contributed by atoms with Crippen LogP contribution in [0.1, 0.15) is 31.8 Å². The zero-order valence-corrected chi connectivity index (χ0v) is 11.1. The Bertz CT molecular complexity index is 471. The van der Waals surface area contributed by atoms with Crippen LogP contribution in [0.15, 0.2) is 24.7 Å². The van der Waals surface area contributed by atoms with Gasteiger partial charge in [0, 0.05) is 25.0 Å². The predicted octanol–water partition coefficient (Wildman–Crippen LogP) is 1.65. The molecule has 2 heterocycles. The third kappa shape index (κ3) is 2.98. The highest BCUT2D eigenvalue weighted by Gasteiger charge is 2.06. The van der Waals surface area contributed by atoms with Gasteiger partial charge in [-0.1, -0.05) is 13.8 Å². The van der Waals surface area contributed by atoms with Crippen LogP contribution in [0.25, 0.3) is 0 Å². The highest BCUT2D eigenvalue weighted by atomic mass is 15.3. The van der Waals surface area contributed by atoms with Gasteiger partial charge in [-0.25, -0.2) is 9.67 Å². The first-order valence-corrected chi connectivity index (χ1v) is 6.56. The first kappa shape index (κ1) is 12.8. The molecule has 18 heavy (non-hydrogen) atoms. The van der Waals surface area contributed by atoms with Gasteiger partial charge >= 0.3 is 0 Å². The third-order valence-corrected chi connectivity index (χ3v) is 2.92. The van der Waals surface area contributed by atoms with Gasteiger partial charge < -0.3 is 9.88 Å². The topological polar surface area (TPSA) is 47.7 Å². The number of rotatable bonds is 7.